The Balaban J connectivity index is 2.46. The number of halogens is 2. The van der Waals surface area contributed by atoms with E-state index < -0.39 is 18.4 Å². The van der Waals surface area contributed by atoms with Gasteiger partial charge in [-0.25, -0.2) is 8.78 Å². The summed E-state index contributed by atoms with van der Waals surface area (Å²) in [4.78, 5) is 0. The minimum atomic E-state index is -2.40. The molecule has 0 amide bonds. The van der Waals surface area contributed by atoms with E-state index in [0.717, 1.165) is 0 Å². The predicted molar refractivity (Wildman–Crippen MR) is 28.4 cm³/mol. The first-order chi connectivity index (χ1) is 4.21. The number of aliphatic hydroxyl groups excluding tert-OH is 1. The summed E-state index contributed by atoms with van der Waals surface area (Å²) in [6.45, 7) is 0.0556. The van der Waals surface area contributed by atoms with E-state index >= 15 is 0 Å². The normalized spacial score (nSPS) is 24.0. The lowest BCUT2D eigenvalue weighted by molar-refractivity contribution is -0.0744. The summed E-state index contributed by atoms with van der Waals surface area (Å²) in [6.07, 6.45) is -2.40. The molecule has 0 radical (unpaired) electrons. The van der Waals surface area contributed by atoms with Gasteiger partial charge in [0.15, 0.2) is 0 Å². The Kier molecular flexibility index (Phi) is 1.68. The van der Waals surface area contributed by atoms with Gasteiger partial charge in [-0.2, -0.15) is 0 Å². The van der Waals surface area contributed by atoms with E-state index in [2.05, 4.69) is 5.32 Å². The van der Waals surface area contributed by atoms with Crippen LogP contribution in [0.2, 0.25) is 0 Å². The van der Waals surface area contributed by atoms with Gasteiger partial charge in [0, 0.05) is 13.1 Å². The zero-order valence-corrected chi connectivity index (χ0v) is 4.90. The number of alkyl halides is 2. The Hall–Kier alpha value is -0.220. The van der Waals surface area contributed by atoms with Gasteiger partial charge < -0.3 is 10.4 Å². The molecular weight excluding hydrogens is 128 g/mol. The predicted octanol–water partition coefficient (Wildman–Crippen LogP) is -0.167. The number of hydrogen-bond donors (Lipinski definition) is 2. The highest BCUT2D eigenvalue weighted by atomic mass is 19.3. The second kappa shape index (κ2) is 2.19. The minimum Gasteiger partial charge on any atom is -0.395 e. The van der Waals surface area contributed by atoms with Gasteiger partial charge in [-0.05, 0) is 0 Å². The Bertz CT molecular complexity index is 97.6. The van der Waals surface area contributed by atoms with Crippen LogP contribution in [0.3, 0.4) is 0 Å². The summed E-state index contributed by atoms with van der Waals surface area (Å²) in [7, 11) is 0. The SMILES string of the molecule is OCC1(C(F)F)CNC1. The van der Waals surface area contributed by atoms with E-state index in [-0.39, 0.29) is 13.1 Å². The van der Waals surface area contributed by atoms with Crippen LogP contribution >= 0.6 is 0 Å². The summed E-state index contributed by atoms with van der Waals surface area (Å²) in [6, 6.07) is 0. The van der Waals surface area contributed by atoms with Crippen molar-refractivity contribution in [1.82, 2.24) is 5.32 Å². The van der Waals surface area contributed by atoms with Crippen LogP contribution in [0.1, 0.15) is 0 Å². The molecule has 0 aromatic rings. The largest absolute Gasteiger partial charge is 0.395 e. The molecule has 0 atom stereocenters. The van der Waals surface area contributed by atoms with Gasteiger partial charge in [0.2, 0.25) is 6.43 Å². The average Bonchev–Trinajstić information content (AvgIpc) is 1.62. The van der Waals surface area contributed by atoms with E-state index in [1.54, 1.807) is 0 Å². The number of nitrogens with one attached hydrogen (secondary N) is 1. The van der Waals surface area contributed by atoms with Gasteiger partial charge in [-0.3, -0.25) is 0 Å². The topological polar surface area (TPSA) is 32.3 Å². The fraction of sp³-hybridized carbons (Fsp3) is 1.00. The van der Waals surface area contributed by atoms with Crippen molar-refractivity contribution in [2.45, 2.75) is 6.43 Å². The number of hydrogen-bond acceptors (Lipinski definition) is 2. The third kappa shape index (κ3) is 0.923. The second-order valence-electron chi connectivity index (χ2n) is 2.42. The smallest absolute Gasteiger partial charge is 0.248 e. The number of rotatable bonds is 2. The van der Waals surface area contributed by atoms with Crippen LogP contribution < -0.4 is 5.32 Å². The van der Waals surface area contributed by atoms with Crippen molar-refractivity contribution < 1.29 is 13.9 Å². The highest BCUT2D eigenvalue weighted by Gasteiger charge is 2.44. The van der Waals surface area contributed by atoms with Crippen LogP contribution in [0.15, 0.2) is 0 Å². The molecule has 54 valence electrons. The standard InChI is InChI=1S/C5H9F2NO/c6-4(7)5(3-9)1-8-2-5/h4,8-9H,1-3H2. The molecule has 0 aliphatic carbocycles. The lowest BCUT2D eigenvalue weighted by Gasteiger charge is -2.39. The molecule has 4 heteroatoms. The number of aliphatic hydroxyl groups is 1. The van der Waals surface area contributed by atoms with Crippen molar-refractivity contribution in [3.63, 3.8) is 0 Å². The van der Waals surface area contributed by atoms with Gasteiger partial charge in [0.25, 0.3) is 0 Å². The molecule has 0 bridgehead atoms. The van der Waals surface area contributed by atoms with E-state index in [0.29, 0.717) is 0 Å². The van der Waals surface area contributed by atoms with Crippen molar-refractivity contribution in [3.8, 4) is 0 Å². The summed E-state index contributed by atoms with van der Waals surface area (Å²) >= 11 is 0. The van der Waals surface area contributed by atoms with Crippen molar-refractivity contribution in [2.24, 2.45) is 5.41 Å². The summed E-state index contributed by atoms with van der Waals surface area (Å²) < 4.78 is 23.9. The molecule has 0 aromatic carbocycles. The van der Waals surface area contributed by atoms with Crippen LogP contribution in [0.25, 0.3) is 0 Å². The van der Waals surface area contributed by atoms with Crippen molar-refractivity contribution in [3.05, 3.63) is 0 Å². The van der Waals surface area contributed by atoms with Gasteiger partial charge in [0.05, 0.1) is 12.0 Å². The molecule has 0 aromatic heterocycles. The molecule has 0 unspecified atom stereocenters. The van der Waals surface area contributed by atoms with Crippen LogP contribution in [0, 0.1) is 5.41 Å². The van der Waals surface area contributed by atoms with Gasteiger partial charge >= 0.3 is 0 Å². The molecule has 1 aliphatic heterocycles. The maximum Gasteiger partial charge on any atom is 0.248 e. The first-order valence-electron chi connectivity index (χ1n) is 2.81. The molecule has 2 nitrogen and oxygen atoms in total. The third-order valence-electron chi connectivity index (χ3n) is 1.73. The maximum absolute atomic E-state index is 11.9. The maximum atomic E-state index is 11.9. The molecule has 0 spiro atoms. The lowest BCUT2D eigenvalue weighted by Crippen LogP contribution is -2.59. The van der Waals surface area contributed by atoms with E-state index in [1.165, 1.54) is 0 Å². The molecule has 2 N–H and O–H groups in total. The van der Waals surface area contributed by atoms with E-state index in [9.17, 15) is 8.78 Å². The first kappa shape index (κ1) is 6.89. The molecule has 1 fully saturated rings. The Morgan fingerprint density at radius 1 is 1.56 bits per heavy atom. The molecule has 9 heavy (non-hydrogen) atoms. The summed E-state index contributed by atoms with van der Waals surface area (Å²) in [5.74, 6) is 0. The zero-order valence-electron chi connectivity index (χ0n) is 4.90. The van der Waals surface area contributed by atoms with Crippen molar-refractivity contribution in [2.75, 3.05) is 19.7 Å². The Labute approximate surface area is 51.9 Å². The van der Waals surface area contributed by atoms with Crippen LogP contribution in [0.4, 0.5) is 8.78 Å². The van der Waals surface area contributed by atoms with Crippen LogP contribution in [-0.4, -0.2) is 31.2 Å². The zero-order chi connectivity index (χ0) is 6.91. The fourth-order valence-corrected chi connectivity index (χ4v) is 0.781. The van der Waals surface area contributed by atoms with Crippen molar-refractivity contribution >= 4 is 0 Å². The Morgan fingerprint density at radius 2 is 2.11 bits per heavy atom. The molecular formula is C5H9F2NO. The quantitative estimate of drug-likeness (QED) is 0.554. The molecule has 1 rings (SSSR count). The monoisotopic (exact) mass is 137 g/mol. The van der Waals surface area contributed by atoms with Gasteiger partial charge in [0.1, 0.15) is 0 Å². The fourth-order valence-electron chi connectivity index (χ4n) is 0.781. The minimum absolute atomic E-state index is 0.237. The highest BCUT2D eigenvalue weighted by Crippen LogP contribution is 2.29. The summed E-state index contributed by atoms with van der Waals surface area (Å²) in [5, 5.41) is 11.2. The first-order valence-corrected chi connectivity index (χ1v) is 2.81. The third-order valence-corrected chi connectivity index (χ3v) is 1.73. The molecule has 0 saturated carbocycles. The second-order valence-corrected chi connectivity index (χ2v) is 2.42. The Morgan fingerprint density at radius 3 is 2.11 bits per heavy atom. The van der Waals surface area contributed by atoms with E-state index in [4.69, 9.17) is 5.11 Å². The average molecular weight is 137 g/mol. The molecule has 1 aliphatic rings. The highest BCUT2D eigenvalue weighted by molar-refractivity contribution is 4.93. The van der Waals surface area contributed by atoms with Crippen LogP contribution in [0.5, 0.6) is 0 Å². The van der Waals surface area contributed by atoms with Gasteiger partial charge in [-0.15, -0.1) is 0 Å². The summed E-state index contributed by atoms with van der Waals surface area (Å²) in [5.41, 5.74) is -1.12. The van der Waals surface area contributed by atoms with Crippen LogP contribution in [-0.2, 0) is 0 Å². The van der Waals surface area contributed by atoms with Gasteiger partial charge in [-0.1, -0.05) is 0 Å². The van der Waals surface area contributed by atoms with Crippen molar-refractivity contribution in [1.29, 1.82) is 0 Å². The lowest BCUT2D eigenvalue weighted by atomic mass is 9.83. The molecule has 1 saturated heterocycles. The van der Waals surface area contributed by atoms with E-state index in [1.807, 2.05) is 0 Å². The molecule has 1 heterocycles.